The van der Waals surface area contributed by atoms with Crippen molar-refractivity contribution in [2.24, 2.45) is 0 Å². The Morgan fingerprint density at radius 1 is 1.36 bits per heavy atom. The third-order valence-corrected chi connectivity index (χ3v) is 4.52. The first-order chi connectivity index (χ1) is 10.6. The molecule has 1 saturated heterocycles. The number of hydrogen-bond acceptors (Lipinski definition) is 4. The summed E-state index contributed by atoms with van der Waals surface area (Å²) in [6, 6.07) is 7.56. The molecule has 2 N–H and O–H groups in total. The zero-order chi connectivity index (χ0) is 15.7. The van der Waals surface area contributed by atoms with E-state index in [0.29, 0.717) is 12.1 Å². The van der Waals surface area contributed by atoms with Crippen molar-refractivity contribution in [2.75, 3.05) is 24.3 Å². The van der Waals surface area contributed by atoms with Crippen LogP contribution in [0.2, 0.25) is 0 Å². The second kappa shape index (κ2) is 6.16. The maximum atomic E-state index is 11.2. The Morgan fingerprint density at radius 2 is 2.14 bits per heavy atom. The molecular formula is C17H25N3O2. The number of amides is 1. The molecule has 22 heavy (non-hydrogen) atoms. The van der Waals surface area contributed by atoms with Gasteiger partial charge in [-0.25, -0.2) is 0 Å². The van der Waals surface area contributed by atoms with Gasteiger partial charge in [-0.3, -0.25) is 9.69 Å². The van der Waals surface area contributed by atoms with Crippen LogP contribution in [0.4, 0.5) is 11.4 Å². The predicted octanol–water partition coefficient (Wildman–Crippen LogP) is 2.69. The van der Waals surface area contributed by atoms with Gasteiger partial charge in [0.1, 0.15) is 5.75 Å². The van der Waals surface area contributed by atoms with Crippen LogP contribution in [0, 0.1) is 0 Å². The van der Waals surface area contributed by atoms with Crippen LogP contribution in [-0.2, 0) is 4.79 Å². The summed E-state index contributed by atoms with van der Waals surface area (Å²) in [6.45, 7) is 4.91. The first-order valence-corrected chi connectivity index (χ1v) is 8.04. The number of nitrogens with one attached hydrogen (secondary N) is 2. The van der Waals surface area contributed by atoms with E-state index in [2.05, 4.69) is 22.5 Å². The molecular weight excluding hydrogens is 278 g/mol. The molecule has 1 aliphatic heterocycles. The number of rotatable bonds is 5. The molecule has 1 saturated carbocycles. The van der Waals surface area contributed by atoms with Crippen LogP contribution in [-0.4, -0.2) is 42.6 Å². The molecule has 1 aliphatic carbocycles. The van der Waals surface area contributed by atoms with Crippen molar-refractivity contribution in [1.29, 1.82) is 0 Å². The third kappa shape index (κ3) is 3.35. The van der Waals surface area contributed by atoms with Gasteiger partial charge in [0, 0.05) is 37.3 Å². The van der Waals surface area contributed by atoms with Gasteiger partial charge in [0.2, 0.25) is 5.91 Å². The van der Waals surface area contributed by atoms with E-state index in [-0.39, 0.29) is 5.91 Å². The average Bonchev–Trinajstić information content (AvgIpc) is 3.23. The quantitative estimate of drug-likeness (QED) is 0.878. The van der Waals surface area contributed by atoms with Crippen LogP contribution in [0.25, 0.3) is 0 Å². The molecule has 3 rings (SSSR count). The largest absolute Gasteiger partial charge is 0.495 e. The zero-order valence-corrected chi connectivity index (χ0v) is 13.6. The summed E-state index contributed by atoms with van der Waals surface area (Å²) in [5, 5.41) is 6.42. The summed E-state index contributed by atoms with van der Waals surface area (Å²) >= 11 is 0. The molecule has 120 valence electrons. The van der Waals surface area contributed by atoms with Gasteiger partial charge in [0.05, 0.1) is 12.8 Å². The van der Waals surface area contributed by atoms with Crippen LogP contribution in [0.1, 0.15) is 33.1 Å². The van der Waals surface area contributed by atoms with Crippen LogP contribution in [0.15, 0.2) is 18.2 Å². The Labute approximate surface area is 132 Å². The molecule has 0 unspecified atom stereocenters. The summed E-state index contributed by atoms with van der Waals surface area (Å²) in [5.74, 6) is 0.747. The van der Waals surface area contributed by atoms with Gasteiger partial charge in [-0.15, -0.1) is 0 Å². The lowest BCUT2D eigenvalue weighted by atomic mass is 10.1. The average molecular weight is 303 g/mol. The molecule has 1 aromatic carbocycles. The maximum Gasteiger partial charge on any atom is 0.221 e. The lowest BCUT2D eigenvalue weighted by Gasteiger charge is -2.20. The second-order valence-corrected chi connectivity index (χ2v) is 6.45. The predicted molar refractivity (Wildman–Crippen MR) is 88.5 cm³/mol. The number of hydrogen-bond donors (Lipinski definition) is 2. The highest BCUT2D eigenvalue weighted by molar-refractivity contribution is 5.89. The smallest absolute Gasteiger partial charge is 0.221 e. The van der Waals surface area contributed by atoms with E-state index in [1.807, 2.05) is 18.2 Å². The van der Waals surface area contributed by atoms with Gasteiger partial charge in [-0.2, -0.15) is 0 Å². The standard InChI is InChI=1S/C17H25N3O2/c1-11-8-14(10-20(11)15-5-6-15)19-16-9-13(18-12(2)21)4-7-17(16)22-3/h4,7,9,11,14-15,19H,5-6,8,10H2,1-3H3,(H,18,21)/t11-,14+/m1/s1. The van der Waals surface area contributed by atoms with E-state index in [4.69, 9.17) is 4.74 Å². The fourth-order valence-electron chi connectivity index (χ4n) is 3.40. The Morgan fingerprint density at radius 3 is 2.77 bits per heavy atom. The Kier molecular flexibility index (Phi) is 4.25. The van der Waals surface area contributed by atoms with Gasteiger partial charge >= 0.3 is 0 Å². The fraction of sp³-hybridized carbons (Fsp3) is 0.588. The van der Waals surface area contributed by atoms with Crippen molar-refractivity contribution in [3.05, 3.63) is 18.2 Å². The highest BCUT2D eigenvalue weighted by Gasteiger charge is 2.38. The number of likely N-dealkylation sites (tertiary alicyclic amines) is 1. The Balaban J connectivity index is 1.71. The van der Waals surface area contributed by atoms with Crippen molar-refractivity contribution < 1.29 is 9.53 Å². The topological polar surface area (TPSA) is 53.6 Å². The molecule has 0 bridgehead atoms. The van der Waals surface area contributed by atoms with Crippen LogP contribution < -0.4 is 15.4 Å². The van der Waals surface area contributed by atoms with Crippen molar-refractivity contribution >= 4 is 17.3 Å². The molecule has 5 nitrogen and oxygen atoms in total. The molecule has 2 aliphatic rings. The lowest BCUT2D eigenvalue weighted by Crippen LogP contribution is -2.31. The SMILES string of the molecule is COc1ccc(NC(C)=O)cc1N[C@H]1C[C@@H](C)N(C2CC2)C1. The van der Waals surface area contributed by atoms with Gasteiger partial charge in [0.15, 0.2) is 0 Å². The molecule has 1 amide bonds. The number of carbonyl (C=O) groups excluding carboxylic acids is 1. The van der Waals surface area contributed by atoms with Gasteiger partial charge in [-0.05, 0) is 44.4 Å². The number of nitrogens with zero attached hydrogens (tertiary/aromatic N) is 1. The van der Waals surface area contributed by atoms with E-state index < -0.39 is 0 Å². The normalized spacial score (nSPS) is 25.0. The van der Waals surface area contributed by atoms with Gasteiger partial charge in [-0.1, -0.05) is 0 Å². The first-order valence-electron chi connectivity index (χ1n) is 8.04. The van der Waals surface area contributed by atoms with Crippen molar-refractivity contribution in [3.8, 4) is 5.75 Å². The molecule has 0 radical (unpaired) electrons. The Hall–Kier alpha value is -1.75. The second-order valence-electron chi connectivity index (χ2n) is 6.45. The monoisotopic (exact) mass is 303 g/mol. The Bertz CT molecular complexity index is 557. The molecule has 2 atom stereocenters. The first kappa shape index (κ1) is 15.2. The van der Waals surface area contributed by atoms with Crippen LogP contribution in [0.5, 0.6) is 5.75 Å². The highest BCUT2D eigenvalue weighted by atomic mass is 16.5. The van der Waals surface area contributed by atoms with E-state index in [9.17, 15) is 4.79 Å². The minimum absolute atomic E-state index is 0.0643. The molecule has 2 fully saturated rings. The van der Waals surface area contributed by atoms with Crippen molar-refractivity contribution in [3.63, 3.8) is 0 Å². The lowest BCUT2D eigenvalue weighted by molar-refractivity contribution is -0.114. The van der Waals surface area contributed by atoms with Crippen LogP contribution >= 0.6 is 0 Å². The summed E-state index contributed by atoms with van der Waals surface area (Å²) < 4.78 is 5.44. The highest BCUT2D eigenvalue weighted by Crippen LogP contribution is 2.35. The number of ether oxygens (including phenoxy) is 1. The summed E-state index contributed by atoms with van der Waals surface area (Å²) in [4.78, 5) is 13.8. The van der Waals surface area contributed by atoms with Crippen LogP contribution in [0.3, 0.4) is 0 Å². The van der Waals surface area contributed by atoms with E-state index >= 15 is 0 Å². The van der Waals surface area contributed by atoms with Crippen molar-refractivity contribution in [2.45, 2.75) is 51.2 Å². The zero-order valence-electron chi connectivity index (χ0n) is 13.6. The molecule has 0 aromatic heterocycles. The molecule has 1 aromatic rings. The number of benzene rings is 1. The molecule has 1 heterocycles. The fourth-order valence-corrected chi connectivity index (χ4v) is 3.40. The van der Waals surface area contributed by atoms with E-state index in [0.717, 1.165) is 36.1 Å². The summed E-state index contributed by atoms with van der Waals surface area (Å²) in [5.41, 5.74) is 1.74. The van der Waals surface area contributed by atoms with Gasteiger partial charge in [0.25, 0.3) is 0 Å². The van der Waals surface area contributed by atoms with Crippen molar-refractivity contribution in [1.82, 2.24) is 4.90 Å². The van der Waals surface area contributed by atoms with E-state index in [1.165, 1.54) is 19.8 Å². The van der Waals surface area contributed by atoms with Gasteiger partial charge < -0.3 is 15.4 Å². The molecule has 0 spiro atoms. The minimum atomic E-state index is -0.0643. The summed E-state index contributed by atoms with van der Waals surface area (Å²) in [6.07, 6.45) is 3.83. The number of carbonyl (C=O) groups is 1. The maximum absolute atomic E-state index is 11.2. The minimum Gasteiger partial charge on any atom is -0.495 e. The van der Waals surface area contributed by atoms with E-state index in [1.54, 1.807) is 7.11 Å². The molecule has 5 heteroatoms. The summed E-state index contributed by atoms with van der Waals surface area (Å²) in [7, 11) is 1.67. The number of methoxy groups -OCH3 is 1. The number of anilines is 2. The third-order valence-electron chi connectivity index (χ3n) is 4.52.